The van der Waals surface area contributed by atoms with Gasteiger partial charge in [0.2, 0.25) is 0 Å². The van der Waals surface area contributed by atoms with Gasteiger partial charge in [0, 0.05) is 19.8 Å². The molecule has 2 N–H and O–H groups in total. The lowest BCUT2D eigenvalue weighted by molar-refractivity contribution is -0.105. The van der Waals surface area contributed by atoms with Gasteiger partial charge in [-0.2, -0.15) is 0 Å². The summed E-state index contributed by atoms with van der Waals surface area (Å²) < 4.78 is 17.1. The van der Waals surface area contributed by atoms with Crippen LogP contribution in [0.1, 0.15) is 40.0 Å². The average Bonchev–Trinajstić information content (AvgIpc) is 2.26. The zero-order valence-corrected chi connectivity index (χ0v) is 11.4. The van der Waals surface area contributed by atoms with Crippen LogP contribution in [0.15, 0.2) is 0 Å². The van der Waals surface area contributed by atoms with E-state index in [9.17, 15) is 0 Å². The molecule has 0 aliphatic carbocycles. The zero-order chi connectivity index (χ0) is 12.7. The van der Waals surface area contributed by atoms with Gasteiger partial charge in [-0.05, 0) is 40.0 Å². The smallest absolute Gasteiger partial charge is 0.0719 e. The van der Waals surface area contributed by atoms with Gasteiger partial charge in [-0.15, -0.1) is 0 Å². The Morgan fingerprint density at radius 1 is 1.29 bits per heavy atom. The summed E-state index contributed by atoms with van der Waals surface area (Å²) in [7, 11) is 0. The molecule has 0 spiro atoms. The number of hydrogen-bond acceptors (Lipinski definition) is 4. The molecule has 1 rings (SSSR count). The van der Waals surface area contributed by atoms with Gasteiger partial charge in [0.15, 0.2) is 0 Å². The van der Waals surface area contributed by atoms with E-state index in [0.717, 1.165) is 25.9 Å². The quantitative estimate of drug-likeness (QED) is 0.742. The van der Waals surface area contributed by atoms with Crippen molar-refractivity contribution in [3.05, 3.63) is 0 Å². The second-order valence-corrected chi connectivity index (χ2v) is 4.82. The highest BCUT2D eigenvalue weighted by Crippen LogP contribution is 2.21. The second-order valence-electron chi connectivity index (χ2n) is 4.82. The van der Waals surface area contributed by atoms with Crippen molar-refractivity contribution < 1.29 is 14.2 Å². The molecule has 0 saturated carbocycles. The Labute approximate surface area is 105 Å². The standard InChI is InChI=1S/C13H27NO3/c1-4-15-12(9-14)5-6-16-13-7-10(2)17-11(3)8-13/h10-13H,4-9,14H2,1-3H3. The first kappa shape index (κ1) is 14.9. The minimum absolute atomic E-state index is 0.134. The van der Waals surface area contributed by atoms with Crippen molar-refractivity contribution in [1.82, 2.24) is 0 Å². The fourth-order valence-corrected chi connectivity index (χ4v) is 2.35. The van der Waals surface area contributed by atoms with Crippen LogP contribution in [0.4, 0.5) is 0 Å². The molecule has 1 heterocycles. The Balaban J connectivity index is 2.16. The summed E-state index contributed by atoms with van der Waals surface area (Å²) >= 11 is 0. The van der Waals surface area contributed by atoms with Crippen LogP contribution in [-0.4, -0.2) is 44.2 Å². The molecule has 17 heavy (non-hydrogen) atoms. The predicted octanol–water partition coefficient (Wildman–Crippen LogP) is 1.71. The van der Waals surface area contributed by atoms with E-state index < -0.39 is 0 Å². The third kappa shape index (κ3) is 5.82. The molecule has 1 aliphatic heterocycles. The highest BCUT2D eigenvalue weighted by molar-refractivity contribution is 4.73. The Hall–Kier alpha value is -0.160. The van der Waals surface area contributed by atoms with Gasteiger partial charge in [-0.25, -0.2) is 0 Å². The lowest BCUT2D eigenvalue weighted by Crippen LogP contribution is -2.35. The summed E-state index contributed by atoms with van der Waals surface area (Å²) in [5, 5.41) is 0. The zero-order valence-electron chi connectivity index (χ0n) is 11.4. The number of nitrogens with two attached hydrogens (primary N) is 1. The summed E-state index contributed by atoms with van der Waals surface area (Å²) in [6.45, 7) is 8.21. The largest absolute Gasteiger partial charge is 0.378 e. The molecule has 1 saturated heterocycles. The van der Waals surface area contributed by atoms with Gasteiger partial charge in [-0.3, -0.25) is 0 Å². The van der Waals surface area contributed by atoms with Crippen LogP contribution in [-0.2, 0) is 14.2 Å². The molecule has 3 unspecified atom stereocenters. The summed E-state index contributed by atoms with van der Waals surface area (Å²) in [6.07, 6.45) is 3.94. The maximum atomic E-state index is 5.89. The second kappa shape index (κ2) is 8.03. The minimum atomic E-state index is 0.134. The van der Waals surface area contributed by atoms with Crippen LogP contribution in [0, 0.1) is 0 Å². The third-order valence-corrected chi connectivity index (χ3v) is 3.11. The van der Waals surface area contributed by atoms with E-state index in [2.05, 4.69) is 13.8 Å². The highest BCUT2D eigenvalue weighted by Gasteiger charge is 2.24. The van der Waals surface area contributed by atoms with Crippen molar-refractivity contribution >= 4 is 0 Å². The van der Waals surface area contributed by atoms with Gasteiger partial charge in [0.05, 0.1) is 24.4 Å². The van der Waals surface area contributed by atoms with Gasteiger partial charge in [0.1, 0.15) is 0 Å². The summed E-state index contributed by atoms with van der Waals surface area (Å²) in [6, 6.07) is 0. The molecule has 0 aromatic heterocycles. The highest BCUT2D eigenvalue weighted by atomic mass is 16.5. The van der Waals surface area contributed by atoms with Crippen LogP contribution < -0.4 is 5.73 Å². The molecule has 0 radical (unpaired) electrons. The normalized spacial score (nSPS) is 31.4. The molecular formula is C13H27NO3. The molecule has 4 heteroatoms. The fourth-order valence-electron chi connectivity index (χ4n) is 2.35. The Morgan fingerprint density at radius 2 is 1.94 bits per heavy atom. The van der Waals surface area contributed by atoms with Gasteiger partial charge in [-0.1, -0.05) is 0 Å². The van der Waals surface area contributed by atoms with E-state index in [1.807, 2.05) is 6.92 Å². The molecule has 102 valence electrons. The first-order chi connectivity index (χ1) is 8.15. The Bertz CT molecular complexity index is 191. The monoisotopic (exact) mass is 245 g/mol. The molecular weight excluding hydrogens is 218 g/mol. The summed E-state index contributed by atoms with van der Waals surface area (Å²) in [5.41, 5.74) is 5.62. The SMILES string of the molecule is CCOC(CN)CCOC1CC(C)OC(C)C1. The van der Waals surface area contributed by atoms with Crippen molar-refractivity contribution in [2.24, 2.45) is 5.73 Å². The molecule has 1 aliphatic rings. The molecule has 3 atom stereocenters. The first-order valence-corrected chi connectivity index (χ1v) is 6.74. The fraction of sp³-hybridized carbons (Fsp3) is 1.00. The molecule has 4 nitrogen and oxygen atoms in total. The molecule has 0 amide bonds. The van der Waals surface area contributed by atoms with Crippen molar-refractivity contribution in [3.8, 4) is 0 Å². The van der Waals surface area contributed by atoms with Gasteiger partial charge < -0.3 is 19.9 Å². The lowest BCUT2D eigenvalue weighted by atomic mass is 10.0. The molecule has 0 bridgehead atoms. The number of hydrogen-bond donors (Lipinski definition) is 1. The number of ether oxygens (including phenoxy) is 3. The van der Waals surface area contributed by atoms with Crippen molar-refractivity contribution in [2.75, 3.05) is 19.8 Å². The van der Waals surface area contributed by atoms with E-state index in [1.54, 1.807) is 0 Å². The Morgan fingerprint density at radius 3 is 2.47 bits per heavy atom. The van der Waals surface area contributed by atoms with Crippen molar-refractivity contribution in [3.63, 3.8) is 0 Å². The maximum absolute atomic E-state index is 5.89. The van der Waals surface area contributed by atoms with Crippen LogP contribution in [0.5, 0.6) is 0 Å². The van der Waals surface area contributed by atoms with E-state index in [-0.39, 0.29) is 6.10 Å². The molecule has 1 fully saturated rings. The molecule has 0 aromatic rings. The summed E-state index contributed by atoms with van der Waals surface area (Å²) in [4.78, 5) is 0. The predicted molar refractivity (Wildman–Crippen MR) is 68.1 cm³/mol. The van der Waals surface area contributed by atoms with E-state index in [1.165, 1.54) is 0 Å². The van der Waals surface area contributed by atoms with Crippen LogP contribution in [0.25, 0.3) is 0 Å². The van der Waals surface area contributed by atoms with Crippen LogP contribution in [0.2, 0.25) is 0 Å². The average molecular weight is 245 g/mol. The topological polar surface area (TPSA) is 53.7 Å². The van der Waals surface area contributed by atoms with Crippen LogP contribution in [0.3, 0.4) is 0 Å². The summed E-state index contributed by atoms with van der Waals surface area (Å²) in [5.74, 6) is 0. The van der Waals surface area contributed by atoms with E-state index in [0.29, 0.717) is 31.5 Å². The van der Waals surface area contributed by atoms with Crippen molar-refractivity contribution in [1.29, 1.82) is 0 Å². The van der Waals surface area contributed by atoms with E-state index in [4.69, 9.17) is 19.9 Å². The van der Waals surface area contributed by atoms with Crippen molar-refractivity contribution in [2.45, 2.75) is 64.4 Å². The molecule has 0 aromatic carbocycles. The minimum Gasteiger partial charge on any atom is -0.378 e. The Kier molecular flexibility index (Phi) is 7.04. The van der Waals surface area contributed by atoms with Gasteiger partial charge >= 0.3 is 0 Å². The first-order valence-electron chi connectivity index (χ1n) is 6.74. The van der Waals surface area contributed by atoms with Gasteiger partial charge in [0.25, 0.3) is 0 Å². The maximum Gasteiger partial charge on any atom is 0.0719 e. The third-order valence-electron chi connectivity index (χ3n) is 3.11. The lowest BCUT2D eigenvalue weighted by Gasteiger charge is -2.32. The number of rotatable bonds is 7. The van der Waals surface area contributed by atoms with E-state index >= 15 is 0 Å². The van der Waals surface area contributed by atoms with Crippen LogP contribution >= 0.6 is 0 Å².